The van der Waals surface area contributed by atoms with Crippen molar-refractivity contribution >= 4 is 15.9 Å². The summed E-state index contributed by atoms with van der Waals surface area (Å²) >= 11 is 3.52. The molecule has 1 aromatic heterocycles. The Morgan fingerprint density at radius 3 is 2.65 bits per heavy atom. The van der Waals surface area contributed by atoms with Crippen molar-refractivity contribution in [3.63, 3.8) is 0 Å². The molecule has 0 saturated heterocycles. The number of pyridine rings is 1. The summed E-state index contributed by atoms with van der Waals surface area (Å²) < 4.78 is 6.74. The predicted octanol–water partition coefficient (Wildman–Crippen LogP) is 3.88. The van der Waals surface area contributed by atoms with Gasteiger partial charge in [-0.05, 0) is 71.1 Å². The predicted molar refractivity (Wildman–Crippen MR) is 84.8 cm³/mol. The lowest BCUT2D eigenvalue weighted by Crippen LogP contribution is -2.05. The van der Waals surface area contributed by atoms with E-state index in [4.69, 9.17) is 10.5 Å². The second-order valence-electron chi connectivity index (χ2n) is 4.79. The summed E-state index contributed by atoms with van der Waals surface area (Å²) in [5.74, 6) is 0.865. The number of rotatable bonds is 6. The molecular formula is C16H19BrN2O. The first-order chi connectivity index (χ1) is 9.66. The number of ether oxygens (including phenoxy) is 1. The minimum absolute atomic E-state index is 0.0343. The summed E-state index contributed by atoms with van der Waals surface area (Å²) in [6, 6.07) is 10.1. The lowest BCUT2D eigenvalue weighted by molar-refractivity contribution is 0.309. The second-order valence-corrected chi connectivity index (χ2v) is 5.64. The van der Waals surface area contributed by atoms with Crippen LogP contribution < -0.4 is 10.5 Å². The average Bonchev–Trinajstić information content (AvgIpc) is 2.46. The highest BCUT2D eigenvalue weighted by Crippen LogP contribution is 2.27. The van der Waals surface area contributed by atoms with Gasteiger partial charge in [0, 0.05) is 18.4 Å². The van der Waals surface area contributed by atoms with Crippen molar-refractivity contribution in [1.82, 2.24) is 4.98 Å². The molecule has 0 aliphatic carbocycles. The Morgan fingerprint density at radius 2 is 2.00 bits per heavy atom. The maximum absolute atomic E-state index is 5.85. The Kier molecular flexibility index (Phi) is 5.56. The molecule has 0 spiro atoms. The van der Waals surface area contributed by atoms with E-state index in [1.807, 2.05) is 49.6 Å². The molecule has 0 aliphatic heterocycles. The summed E-state index contributed by atoms with van der Waals surface area (Å²) in [5.41, 5.74) is 8.24. The van der Waals surface area contributed by atoms with E-state index in [0.29, 0.717) is 6.61 Å². The van der Waals surface area contributed by atoms with E-state index in [0.717, 1.165) is 28.6 Å². The Hall–Kier alpha value is -1.39. The number of nitrogens with zero attached hydrogens (tertiary/aromatic N) is 1. The number of hydrogen-bond acceptors (Lipinski definition) is 3. The Bertz CT molecular complexity index is 543. The third kappa shape index (κ3) is 4.32. The minimum atomic E-state index is 0.0343. The van der Waals surface area contributed by atoms with Crippen LogP contribution in [0.15, 0.2) is 47.2 Å². The summed E-state index contributed by atoms with van der Waals surface area (Å²) in [4.78, 5) is 4.01. The van der Waals surface area contributed by atoms with Gasteiger partial charge in [0.15, 0.2) is 0 Å². The molecular weight excluding hydrogens is 316 g/mol. The monoisotopic (exact) mass is 334 g/mol. The van der Waals surface area contributed by atoms with Crippen molar-refractivity contribution in [3.05, 3.63) is 58.3 Å². The summed E-state index contributed by atoms with van der Waals surface area (Å²) in [5, 5.41) is 0. The number of benzene rings is 1. The van der Waals surface area contributed by atoms with Crippen LogP contribution in [0.4, 0.5) is 0 Å². The van der Waals surface area contributed by atoms with Crippen molar-refractivity contribution in [2.75, 3.05) is 6.61 Å². The average molecular weight is 335 g/mol. The molecule has 1 atom stereocenters. The highest BCUT2D eigenvalue weighted by Gasteiger charge is 2.05. The molecule has 2 N–H and O–H groups in total. The van der Waals surface area contributed by atoms with Gasteiger partial charge in [-0.1, -0.05) is 6.07 Å². The van der Waals surface area contributed by atoms with Gasteiger partial charge in [0.1, 0.15) is 5.75 Å². The van der Waals surface area contributed by atoms with Crippen molar-refractivity contribution in [1.29, 1.82) is 0 Å². The molecule has 3 nitrogen and oxygen atoms in total. The van der Waals surface area contributed by atoms with E-state index in [2.05, 4.69) is 20.9 Å². The van der Waals surface area contributed by atoms with Crippen LogP contribution in [0.5, 0.6) is 5.75 Å². The van der Waals surface area contributed by atoms with Gasteiger partial charge in [-0.3, -0.25) is 4.98 Å². The molecule has 1 heterocycles. The molecule has 0 bridgehead atoms. The molecule has 0 amide bonds. The van der Waals surface area contributed by atoms with E-state index in [-0.39, 0.29) is 6.04 Å². The largest absolute Gasteiger partial charge is 0.492 e. The fraction of sp³-hybridized carbons (Fsp3) is 0.312. The zero-order chi connectivity index (χ0) is 14.4. The maximum atomic E-state index is 5.85. The normalized spacial score (nSPS) is 12.2. The van der Waals surface area contributed by atoms with Crippen LogP contribution in [0.1, 0.15) is 30.5 Å². The van der Waals surface area contributed by atoms with Gasteiger partial charge < -0.3 is 10.5 Å². The van der Waals surface area contributed by atoms with Gasteiger partial charge in [0.2, 0.25) is 0 Å². The molecule has 0 saturated carbocycles. The van der Waals surface area contributed by atoms with Gasteiger partial charge >= 0.3 is 0 Å². The maximum Gasteiger partial charge on any atom is 0.133 e. The van der Waals surface area contributed by atoms with Crippen molar-refractivity contribution in [3.8, 4) is 5.75 Å². The third-order valence-corrected chi connectivity index (χ3v) is 3.72. The highest BCUT2D eigenvalue weighted by atomic mass is 79.9. The lowest BCUT2D eigenvalue weighted by Gasteiger charge is -2.11. The molecule has 20 heavy (non-hydrogen) atoms. The van der Waals surface area contributed by atoms with E-state index in [9.17, 15) is 0 Å². The van der Waals surface area contributed by atoms with Crippen LogP contribution in [0, 0.1) is 0 Å². The Labute approximate surface area is 128 Å². The number of aryl methyl sites for hydroxylation is 1. The first-order valence-electron chi connectivity index (χ1n) is 6.73. The zero-order valence-corrected chi connectivity index (χ0v) is 13.1. The van der Waals surface area contributed by atoms with Crippen LogP contribution in [0.3, 0.4) is 0 Å². The molecule has 0 unspecified atom stereocenters. The van der Waals surface area contributed by atoms with Crippen molar-refractivity contribution in [2.45, 2.75) is 25.8 Å². The van der Waals surface area contributed by atoms with Crippen LogP contribution in [-0.2, 0) is 6.42 Å². The van der Waals surface area contributed by atoms with Gasteiger partial charge in [0.25, 0.3) is 0 Å². The van der Waals surface area contributed by atoms with Crippen LogP contribution in [0.25, 0.3) is 0 Å². The summed E-state index contributed by atoms with van der Waals surface area (Å²) in [7, 11) is 0. The third-order valence-electron chi connectivity index (χ3n) is 3.10. The van der Waals surface area contributed by atoms with Gasteiger partial charge in [-0.2, -0.15) is 0 Å². The standard InChI is InChI=1S/C16H19BrN2O/c1-12(18)14-4-5-16(15(17)11-14)20-10-2-3-13-6-8-19-9-7-13/h4-9,11-12H,2-3,10,18H2,1H3/t12-/m1/s1. The van der Waals surface area contributed by atoms with E-state index in [1.165, 1.54) is 5.56 Å². The van der Waals surface area contributed by atoms with Gasteiger partial charge in [-0.25, -0.2) is 0 Å². The molecule has 0 aliphatic rings. The number of nitrogens with two attached hydrogens (primary N) is 1. The number of aromatic nitrogens is 1. The minimum Gasteiger partial charge on any atom is -0.492 e. The first-order valence-corrected chi connectivity index (χ1v) is 7.53. The zero-order valence-electron chi connectivity index (χ0n) is 11.6. The van der Waals surface area contributed by atoms with Crippen molar-refractivity contribution in [2.24, 2.45) is 5.73 Å². The van der Waals surface area contributed by atoms with Gasteiger partial charge in [0.05, 0.1) is 11.1 Å². The number of halogens is 1. The molecule has 106 valence electrons. The van der Waals surface area contributed by atoms with E-state index in [1.54, 1.807) is 0 Å². The quantitative estimate of drug-likeness (QED) is 0.815. The summed E-state index contributed by atoms with van der Waals surface area (Å²) in [6.45, 7) is 2.66. The molecule has 2 rings (SSSR count). The molecule has 0 radical (unpaired) electrons. The van der Waals surface area contributed by atoms with Crippen LogP contribution >= 0.6 is 15.9 Å². The highest BCUT2D eigenvalue weighted by molar-refractivity contribution is 9.10. The smallest absolute Gasteiger partial charge is 0.133 e. The molecule has 2 aromatic rings. The molecule has 4 heteroatoms. The summed E-state index contributed by atoms with van der Waals surface area (Å²) in [6.07, 6.45) is 5.61. The van der Waals surface area contributed by atoms with E-state index >= 15 is 0 Å². The Morgan fingerprint density at radius 1 is 1.25 bits per heavy atom. The molecule has 0 fully saturated rings. The molecule has 1 aromatic carbocycles. The van der Waals surface area contributed by atoms with Crippen LogP contribution in [-0.4, -0.2) is 11.6 Å². The van der Waals surface area contributed by atoms with Crippen LogP contribution in [0.2, 0.25) is 0 Å². The Balaban J connectivity index is 1.82. The topological polar surface area (TPSA) is 48.1 Å². The van der Waals surface area contributed by atoms with Gasteiger partial charge in [-0.15, -0.1) is 0 Å². The first kappa shape index (κ1) is 15.0. The fourth-order valence-corrected chi connectivity index (χ4v) is 2.44. The SMILES string of the molecule is C[C@@H](N)c1ccc(OCCCc2ccncc2)c(Br)c1. The fourth-order valence-electron chi connectivity index (χ4n) is 1.93. The van der Waals surface area contributed by atoms with E-state index < -0.39 is 0 Å². The lowest BCUT2D eigenvalue weighted by atomic mass is 10.1. The van der Waals surface area contributed by atoms with Crippen molar-refractivity contribution < 1.29 is 4.74 Å². The number of hydrogen-bond donors (Lipinski definition) is 1. The second kappa shape index (κ2) is 7.41.